The number of nitrogens with one attached hydrogen (secondary N) is 1. The second-order valence-electron chi connectivity index (χ2n) is 7.41. The summed E-state index contributed by atoms with van der Waals surface area (Å²) in [6.45, 7) is 2.50. The highest BCUT2D eigenvalue weighted by Gasteiger charge is 2.35. The summed E-state index contributed by atoms with van der Waals surface area (Å²) in [6.07, 6.45) is 2.93. The van der Waals surface area contributed by atoms with Gasteiger partial charge in [-0.05, 0) is 54.9 Å². The summed E-state index contributed by atoms with van der Waals surface area (Å²) in [7, 11) is 0. The molecule has 6 heteroatoms. The number of fused-ring (bicyclic) bond motifs is 5. The third kappa shape index (κ3) is 2.90. The molecule has 1 aromatic carbocycles. The molecule has 2 bridgehead atoms. The minimum atomic E-state index is 0.111. The first-order chi connectivity index (χ1) is 13.2. The number of anilines is 1. The number of thiocarbonyl (C=S) groups is 1. The zero-order valence-corrected chi connectivity index (χ0v) is 15.7. The normalized spacial score (nSPS) is 21.0. The summed E-state index contributed by atoms with van der Waals surface area (Å²) in [5.74, 6) is 0.797. The molecule has 1 N–H and O–H groups in total. The standard InChI is InChI=1S/C21H20N4OS/c26-20-8-2-7-19-15-10-14(12-25(19)20)11-24(13-15)21(27)23-18-6-1-5-17-16(18)4-3-9-22-17/h1-9,14-15H,10-13H2,(H,23,27). The van der Waals surface area contributed by atoms with Gasteiger partial charge < -0.3 is 14.8 Å². The molecule has 0 radical (unpaired) electrons. The van der Waals surface area contributed by atoms with Crippen LogP contribution in [0.2, 0.25) is 0 Å². The monoisotopic (exact) mass is 376 g/mol. The Hall–Kier alpha value is -2.73. The zero-order valence-electron chi connectivity index (χ0n) is 14.8. The van der Waals surface area contributed by atoms with Crippen molar-refractivity contribution < 1.29 is 0 Å². The van der Waals surface area contributed by atoms with Gasteiger partial charge in [0.2, 0.25) is 0 Å². The highest BCUT2D eigenvalue weighted by atomic mass is 32.1. The van der Waals surface area contributed by atoms with E-state index >= 15 is 0 Å². The summed E-state index contributed by atoms with van der Waals surface area (Å²) in [4.78, 5) is 18.8. The van der Waals surface area contributed by atoms with Crippen molar-refractivity contribution in [1.29, 1.82) is 0 Å². The molecular formula is C21H20N4OS. The molecule has 5 rings (SSSR count). The first-order valence-electron chi connectivity index (χ1n) is 9.28. The SMILES string of the molecule is O=c1cccc2n1CC1CC2CN(C(=S)Nc2cccc3ncccc23)C1. The van der Waals surface area contributed by atoms with Crippen LogP contribution in [0.1, 0.15) is 18.0 Å². The molecule has 0 amide bonds. The lowest BCUT2D eigenvalue weighted by Gasteiger charge is -2.43. The van der Waals surface area contributed by atoms with Crippen LogP contribution in [0.25, 0.3) is 10.9 Å². The summed E-state index contributed by atoms with van der Waals surface area (Å²) >= 11 is 5.75. The van der Waals surface area contributed by atoms with Crippen LogP contribution in [-0.4, -0.2) is 32.7 Å². The fraction of sp³-hybridized carbons (Fsp3) is 0.286. The molecular weight excluding hydrogens is 356 g/mol. The second kappa shape index (κ2) is 6.46. The third-order valence-corrected chi connectivity index (χ3v) is 6.01. The van der Waals surface area contributed by atoms with Gasteiger partial charge in [0.05, 0.1) is 5.52 Å². The number of aromatic nitrogens is 2. The summed E-state index contributed by atoms with van der Waals surface area (Å²) in [5.41, 5.74) is 3.19. The first-order valence-corrected chi connectivity index (χ1v) is 9.69. The van der Waals surface area contributed by atoms with Gasteiger partial charge in [0.25, 0.3) is 5.56 Å². The van der Waals surface area contributed by atoms with E-state index in [9.17, 15) is 4.79 Å². The van der Waals surface area contributed by atoms with Crippen LogP contribution in [0.15, 0.2) is 59.5 Å². The van der Waals surface area contributed by atoms with E-state index < -0.39 is 0 Å². The third-order valence-electron chi connectivity index (χ3n) is 5.65. The molecule has 2 aliphatic heterocycles. The molecule has 1 saturated heterocycles. The number of hydrogen-bond acceptors (Lipinski definition) is 3. The van der Waals surface area contributed by atoms with Gasteiger partial charge in [-0.2, -0.15) is 0 Å². The van der Waals surface area contributed by atoms with Gasteiger partial charge in [-0.3, -0.25) is 9.78 Å². The van der Waals surface area contributed by atoms with Crippen molar-refractivity contribution in [3.8, 4) is 0 Å². The Labute approximate surface area is 162 Å². The van der Waals surface area contributed by atoms with E-state index in [1.165, 1.54) is 0 Å². The van der Waals surface area contributed by atoms with Gasteiger partial charge in [0.15, 0.2) is 5.11 Å². The van der Waals surface area contributed by atoms with Crippen LogP contribution >= 0.6 is 12.2 Å². The van der Waals surface area contributed by atoms with E-state index in [0.29, 0.717) is 11.8 Å². The highest BCUT2D eigenvalue weighted by Crippen LogP contribution is 2.35. The van der Waals surface area contributed by atoms with Crippen LogP contribution in [0, 0.1) is 5.92 Å². The maximum atomic E-state index is 12.2. The number of nitrogens with zero attached hydrogens (tertiary/aromatic N) is 3. The molecule has 0 spiro atoms. The molecule has 136 valence electrons. The molecule has 0 saturated carbocycles. The Morgan fingerprint density at radius 1 is 1.07 bits per heavy atom. The minimum Gasteiger partial charge on any atom is -0.348 e. The summed E-state index contributed by atoms with van der Waals surface area (Å²) in [5, 5.41) is 5.24. The van der Waals surface area contributed by atoms with Gasteiger partial charge in [-0.1, -0.05) is 12.1 Å². The van der Waals surface area contributed by atoms with Gasteiger partial charge in [0, 0.05) is 54.6 Å². The van der Waals surface area contributed by atoms with Crippen molar-refractivity contribution in [2.45, 2.75) is 18.9 Å². The minimum absolute atomic E-state index is 0.111. The number of hydrogen-bond donors (Lipinski definition) is 1. The lowest BCUT2D eigenvalue weighted by atomic mass is 9.83. The number of benzene rings is 1. The van der Waals surface area contributed by atoms with E-state index in [1.54, 1.807) is 12.3 Å². The van der Waals surface area contributed by atoms with Gasteiger partial charge in [-0.25, -0.2) is 0 Å². The highest BCUT2D eigenvalue weighted by molar-refractivity contribution is 7.80. The fourth-order valence-electron chi connectivity index (χ4n) is 4.47. The second-order valence-corrected chi connectivity index (χ2v) is 7.80. The molecule has 27 heavy (non-hydrogen) atoms. The van der Waals surface area contributed by atoms with Crippen LogP contribution in [-0.2, 0) is 6.54 Å². The Kier molecular flexibility index (Phi) is 3.93. The van der Waals surface area contributed by atoms with E-state index in [4.69, 9.17) is 12.2 Å². The maximum Gasteiger partial charge on any atom is 0.250 e. The molecule has 2 unspecified atom stereocenters. The molecule has 3 aromatic rings. The Morgan fingerprint density at radius 3 is 2.89 bits per heavy atom. The molecule has 0 aliphatic carbocycles. The molecule has 1 fully saturated rings. The van der Waals surface area contributed by atoms with Crippen LogP contribution in [0.5, 0.6) is 0 Å². The lowest BCUT2D eigenvalue weighted by Crippen LogP contribution is -2.50. The fourth-order valence-corrected chi connectivity index (χ4v) is 4.73. The number of likely N-dealkylation sites (tertiary alicyclic amines) is 1. The van der Waals surface area contributed by atoms with Crippen molar-refractivity contribution in [3.05, 3.63) is 70.8 Å². The van der Waals surface area contributed by atoms with Crippen molar-refractivity contribution in [1.82, 2.24) is 14.5 Å². The van der Waals surface area contributed by atoms with Crippen LogP contribution in [0.3, 0.4) is 0 Å². The van der Waals surface area contributed by atoms with Crippen LogP contribution in [0.4, 0.5) is 5.69 Å². The Bertz CT molecular complexity index is 1090. The molecule has 5 nitrogen and oxygen atoms in total. The van der Waals surface area contributed by atoms with Crippen LogP contribution < -0.4 is 10.9 Å². The number of pyridine rings is 2. The lowest BCUT2D eigenvalue weighted by molar-refractivity contribution is 0.180. The van der Waals surface area contributed by atoms with E-state index in [0.717, 1.165) is 53.5 Å². The summed E-state index contributed by atoms with van der Waals surface area (Å²) in [6, 6.07) is 15.6. The smallest absolute Gasteiger partial charge is 0.250 e. The number of rotatable bonds is 1. The average Bonchev–Trinajstić information content (AvgIpc) is 2.69. The Morgan fingerprint density at radius 2 is 1.96 bits per heavy atom. The summed E-state index contributed by atoms with van der Waals surface area (Å²) < 4.78 is 1.95. The number of piperidine rings is 1. The zero-order chi connectivity index (χ0) is 18.4. The van der Waals surface area contributed by atoms with Crippen molar-refractivity contribution in [2.75, 3.05) is 18.4 Å². The van der Waals surface area contributed by atoms with E-state index in [1.807, 2.05) is 34.9 Å². The van der Waals surface area contributed by atoms with Crippen molar-refractivity contribution in [3.63, 3.8) is 0 Å². The van der Waals surface area contributed by atoms with Gasteiger partial charge >= 0.3 is 0 Å². The Balaban J connectivity index is 1.40. The quantitative estimate of drug-likeness (QED) is 0.661. The predicted molar refractivity (Wildman–Crippen MR) is 111 cm³/mol. The molecule has 2 atom stereocenters. The molecule has 4 heterocycles. The first kappa shape index (κ1) is 16.4. The topological polar surface area (TPSA) is 50.2 Å². The maximum absolute atomic E-state index is 12.2. The molecule has 2 aliphatic rings. The van der Waals surface area contributed by atoms with E-state index in [-0.39, 0.29) is 5.56 Å². The predicted octanol–water partition coefficient (Wildman–Crippen LogP) is 3.21. The van der Waals surface area contributed by atoms with Crippen molar-refractivity contribution >= 4 is 33.9 Å². The van der Waals surface area contributed by atoms with Gasteiger partial charge in [0.1, 0.15) is 0 Å². The van der Waals surface area contributed by atoms with E-state index in [2.05, 4.69) is 27.3 Å². The van der Waals surface area contributed by atoms with Gasteiger partial charge in [-0.15, -0.1) is 0 Å². The largest absolute Gasteiger partial charge is 0.348 e. The average molecular weight is 376 g/mol. The van der Waals surface area contributed by atoms with Crippen molar-refractivity contribution in [2.24, 2.45) is 5.92 Å². The molecule has 2 aromatic heterocycles.